The lowest BCUT2D eigenvalue weighted by Gasteiger charge is -2.28. The highest BCUT2D eigenvalue weighted by Crippen LogP contribution is 2.24. The van der Waals surface area contributed by atoms with Gasteiger partial charge in [0.15, 0.2) is 9.84 Å². The molecule has 1 amide bonds. The fraction of sp³-hybridized carbons (Fsp3) is 0.600. The summed E-state index contributed by atoms with van der Waals surface area (Å²) in [5.41, 5.74) is 0.887. The van der Waals surface area contributed by atoms with Gasteiger partial charge in [0.25, 0.3) is 0 Å². The monoisotopic (exact) mass is 325 g/mol. The summed E-state index contributed by atoms with van der Waals surface area (Å²) >= 11 is 0. The van der Waals surface area contributed by atoms with E-state index in [0.29, 0.717) is 18.7 Å². The molecular formula is C15H23N3O3S. The Morgan fingerprint density at radius 3 is 2.68 bits per heavy atom. The maximum atomic E-state index is 11.6. The highest BCUT2D eigenvalue weighted by atomic mass is 32.2. The molecule has 1 aliphatic heterocycles. The van der Waals surface area contributed by atoms with Gasteiger partial charge < -0.3 is 10.2 Å². The van der Waals surface area contributed by atoms with Gasteiger partial charge in [0, 0.05) is 19.0 Å². The first-order valence-corrected chi connectivity index (χ1v) is 9.50. The molecule has 0 bridgehead atoms. The van der Waals surface area contributed by atoms with E-state index in [2.05, 4.69) is 15.2 Å². The molecule has 1 N–H and O–H groups in total. The second-order valence-electron chi connectivity index (χ2n) is 5.54. The molecule has 1 fully saturated rings. The lowest BCUT2D eigenvalue weighted by molar-refractivity contribution is -0.116. The summed E-state index contributed by atoms with van der Waals surface area (Å²) < 4.78 is 23.3. The van der Waals surface area contributed by atoms with Crippen molar-refractivity contribution in [1.29, 1.82) is 0 Å². The first-order valence-electron chi connectivity index (χ1n) is 7.68. The van der Waals surface area contributed by atoms with Crippen LogP contribution in [0.4, 0.5) is 11.5 Å². The highest BCUT2D eigenvalue weighted by Gasteiger charge is 2.31. The molecule has 0 aliphatic carbocycles. The molecule has 1 unspecified atom stereocenters. The number of hydrogen-bond acceptors (Lipinski definition) is 5. The first-order chi connectivity index (χ1) is 10.4. The zero-order valence-electron chi connectivity index (χ0n) is 13.1. The van der Waals surface area contributed by atoms with Gasteiger partial charge in [-0.15, -0.1) is 0 Å². The Bertz CT molecular complexity index is 613. The molecule has 0 spiro atoms. The van der Waals surface area contributed by atoms with Crippen LogP contribution in [0.3, 0.4) is 0 Å². The van der Waals surface area contributed by atoms with Crippen molar-refractivity contribution in [2.75, 3.05) is 28.3 Å². The van der Waals surface area contributed by atoms with E-state index in [1.54, 1.807) is 12.3 Å². The van der Waals surface area contributed by atoms with Gasteiger partial charge in [-0.3, -0.25) is 4.79 Å². The Labute approximate surface area is 131 Å². The Hall–Kier alpha value is -1.63. The van der Waals surface area contributed by atoms with Gasteiger partial charge in [-0.2, -0.15) is 0 Å². The van der Waals surface area contributed by atoms with Crippen LogP contribution < -0.4 is 10.2 Å². The third-order valence-corrected chi connectivity index (χ3v) is 5.56. The molecule has 2 heterocycles. The zero-order chi connectivity index (χ0) is 16.2. The molecule has 7 heteroatoms. The van der Waals surface area contributed by atoms with Gasteiger partial charge in [-0.05, 0) is 31.9 Å². The normalized spacial score (nSPS) is 19.8. The summed E-state index contributed by atoms with van der Waals surface area (Å²) in [6.07, 6.45) is 3.62. The Balaban J connectivity index is 2.06. The van der Waals surface area contributed by atoms with Crippen LogP contribution in [0.1, 0.15) is 33.1 Å². The predicted octanol–water partition coefficient (Wildman–Crippen LogP) is 1.83. The van der Waals surface area contributed by atoms with Gasteiger partial charge in [-0.1, -0.05) is 6.92 Å². The fourth-order valence-corrected chi connectivity index (χ4v) is 4.47. The summed E-state index contributed by atoms with van der Waals surface area (Å²) in [4.78, 5) is 17.9. The maximum Gasteiger partial charge on any atom is 0.225 e. The molecule has 1 aliphatic rings. The van der Waals surface area contributed by atoms with Crippen molar-refractivity contribution in [1.82, 2.24) is 4.98 Å². The minimum atomic E-state index is -2.91. The van der Waals surface area contributed by atoms with Crippen molar-refractivity contribution in [2.24, 2.45) is 0 Å². The van der Waals surface area contributed by atoms with Crippen LogP contribution in [0.2, 0.25) is 0 Å². The number of aromatic nitrogens is 1. The molecular weight excluding hydrogens is 302 g/mol. The zero-order valence-corrected chi connectivity index (χ0v) is 13.9. The quantitative estimate of drug-likeness (QED) is 0.863. The van der Waals surface area contributed by atoms with Gasteiger partial charge >= 0.3 is 0 Å². The van der Waals surface area contributed by atoms with E-state index in [1.165, 1.54) is 0 Å². The van der Waals surface area contributed by atoms with Crippen molar-refractivity contribution in [3.63, 3.8) is 0 Å². The Morgan fingerprint density at radius 1 is 1.41 bits per heavy atom. The number of rotatable bonds is 6. The average Bonchev–Trinajstić information content (AvgIpc) is 2.82. The van der Waals surface area contributed by atoms with Crippen LogP contribution in [-0.4, -0.2) is 43.4 Å². The molecule has 122 valence electrons. The molecule has 0 radical (unpaired) electrons. The molecule has 6 nitrogen and oxygen atoms in total. The van der Waals surface area contributed by atoms with Crippen LogP contribution in [-0.2, 0) is 14.6 Å². The number of pyridine rings is 1. The van der Waals surface area contributed by atoms with Gasteiger partial charge in [0.1, 0.15) is 5.82 Å². The summed E-state index contributed by atoms with van der Waals surface area (Å²) in [5, 5.41) is 2.75. The lowest BCUT2D eigenvalue weighted by atomic mass is 10.2. The number of carbonyl (C=O) groups excluding carboxylic acids is 1. The van der Waals surface area contributed by atoms with Crippen LogP contribution in [0.15, 0.2) is 18.3 Å². The third kappa shape index (κ3) is 4.19. The summed E-state index contributed by atoms with van der Waals surface area (Å²) in [6.45, 7) is 4.68. The molecule has 1 aromatic heterocycles. The second-order valence-corrected chi connectivity index (χ2v) is 7.77. The Kier molecular flexibility index (Phi) is 5.39. The second kappa shape index (κ2) is 7.09. The van der Waals surface area contributed by atoms with Crippen molar-refractivity contribution >= 4 is 27.2 Å². The molecule has 0 saturated carbocycles. The van der Waals surface area contributed by atoms with E-state index >= 15 is 0 Å². The molecule has 0 aromatic carbocycles. The van der Waals surface area contributed by atoms with Crippen molar-refractivity contribution in [3.05, 3.63) is 18.3 Å². The van der Waals surface area contributed by atoms with Gasteiger partial charge in [-0.25, -0.2) is 13.4 Å². The number of amides is 1. The van der Waals surface area contributed by atoms with E-state index in [9.17, 15) is 13.2 Å². The average molecular weight is 325 g/mol. The van der Waals surface area contributed by atoms with E-state index in [4.69, 9.17) is 0 Å². The van der Waals surface area contributed by atoms with E-state index in [0.717, 1.165) is 18.7 Å². The Morgan fingerprint density at radius 2 is 2.18 bits per heavy atom. The molecule has 22 heavy (non-hydrogen) atoms. The van der Waals surface area contributed by atoms with Gasteiger partial charge in [0.05, 0.1) is 23.4 Å². The fourth-order valence-electron chi connectivity index (χ4n) is 2.74. The number of anilines is 2. The highest BCUT2D eigenvalue weighted by molar-refractivity contribution is 7.91. The van der Waals surface area contributed by atoms with E-state index < -0.39 is 9.84 Å². The number of nitrogens with one attached hydrogen (secondary N) is 1. The minimum Gasteiger partial charge on any atom is -0.367 e. The van der Waals surface area contributed by atoms with E-state index in [1.807, 2.05) is 19.9 Å². The van der Waals surface area contributed by atoms with Crippen molar-refractivity contribution in [2.45, 2.75) is 39.2 Å². The van der Waals surface area contributed by atoms with Crippen LogP contribution >= 0.6 is 0 Å². The summed E-state index contributed by atoms with van der Waals surface area (Å²) in [6, 6.07) is 3.65. The van der Waals surface area contributed by atoms with Crippen LogP contribution in [0.5, 0.6) is 0 Å². The maximum absolute atomic E-state index is 11.6. The smallest absolute Gasteiger partial charge is 0.225 e. The van der Waals surface area contributed by atoms with Crippen LogP contribution in [0, 0.1) is 0 Å². The SMILES string of the molecule is CCCC(=O)Nc1ccc(N(CC)C2CCS(=O)(=O)C2)cn1. The molecule has 1 saturated heterocycles. The first kappa shape index (κ1) is 16.7. The lowest BCUT2D eigenvalue weighted by Crippen LogP contribution is -2.36. The number of carbonyl (C=O) groups is 1. The van der Waals surface area contributed by atoms with E-state index in [-0.39, 0.29) is 23.5 Å². The number of hydrogen-bond donors (Lipinski definition) is 1. The minimum absolute atomic E-state index is 0.0114. The summed E-state index contributed by atoms with van der Waals surface area (Å²) in [5.74, 6) is 0.942. The van der Waals surface area contributed by atoms with Crippen LogP contribution in [0.25, 0.3) is 0 Å². The predicted molar refractivity (Wildman–Crippen MR) is 87.9 cm³/mol. The number of sulfone groups is 1. The molecule has 1 atom stereocenters. The summed E-state index contributed by atoms with van der Waals surface area (Å²) in [7, 11) is -2.91. The standard InChI is InChI=1S/C15H23N3O3S/c1-3-5-15(19)17-14-7-6-12(10-16-14)18(4-2)13-8-9-22(20,21)11-13/h6-7,10,13H,3-5,8-9,11H2,1-2H3,(H,16,17,19). The van der Waals surface area contributed by atoms with Crippen molar-refractivity contribution < 1.29 is 13.2 Å². The third-order valence-electron chi connectivity index (χ3n) is 3.81. The van der Waals surface area contributed by atoms with Crippen molar-refractivity contribution in [3.8, 4) is 0 Å². The molecule has 2 rings (SSSR count). The number of nitrogens with zero attached hydrogens (tertiary/aromatic N) is 2. The topological polar surface area (TPSA) is 79.4 Å². The van der Waals surface area contributed by atoms with Gasteiger partial charge in [0.2, 0.25) is 5.91 Å². The molecule has 1 aromatic rings. The largest absolute Gasteiger partial charge is 0.367 e.